The Balaban J connectivity index is 1.34. The summed E-state index contributed by atoms with van der Waals surface area (Å²) in [5.41, 5.74) is 2.82. The van der Waals surface area contributed by atoms with Gasteiger partial charge in [-0.2, -0.15) is 0 Å². The summed E-state index contributed by atoms with van der Waals surface area (Å²) in [7, 11) is 0. The van der Waals surface area contributed by atoms with E-state index in [9.17, 15) is 4.79 Å². The molecule has 140 valence electrons. The third-order valence-electron chi connectivity index (χ3n) is 5.32. The van der Waals surface area contributed by atoms with Crippen LogP contribution in [0.5, 0.6) is 0 Å². The molecule has 1 atom stereocenters. The van der Waals surface area contributed by atoms with Gasteiger partial charge in [0.05, 0.1) is 0 Å². The molecule has 1 unspecified atom stereocenters. The molecule has 3 heterocycles. The van der Waals surface area contributed by atoms with Crippen molar-refractivity contribution in [2.45, 2.75) is 18.8 Å². The highest BCUT2D eigenvalue weighted by atomic mass is 32.1. The fourth-order valence-electron chi connectivity index (χ4n) is 3.82. The van der Waals surface area contributed by atoms with E-state index in [4.69, 9.17) is 0 Å². The first-order chi connectivity index (χ1) is 13.8. The van der Waals surface area contributed by atoms with Crippen LogP contribution in [0.2, 0.25) is 0 Å². The fraction of sp³-hybridized carbons (Fsp3) is 0.227. The summed E-state index contributed by atoms with van der Waals surface area (Å²) in [6.45, 7) is 1.49. The van der Waals surface area contributed by atoms with Crippen molar-refractivity contribution in [1.29, 1.82) is 0 Å². The number of hydrogen-bond donors (Lipinski definition) is 1. The number of likely N-dealkylation sites (tertiary alicyclic amines) is 1. The number of benzene rings is 2. The van der Waals surface area contributed by atoms with E-state index in [0.29, 0.717) is 6.54 Å². The molecule has 5 rings (SSSR count). The van der Waals surface area contributed by atoms with Crippen LogP contribution < -0.4 is 0 Å². The summed E-state index contributed by atoms with van der Waals surface area (Å²) in [5.74, 6) is 0.343. The number of rotatable bonds is 3. The maximum atomic E-state index is 13.0. The Hall–Kier alpha value is -2.99. The molecule has 4 aromatic rings. The van der Waals surface area contributed by atoms with Gasteiger partial charge in [-0.15, -0.1) is 10.2 Å². The Bertz CT molecular complexity index is 1120. The second kappa shape index (κ2) is 7.20. The van der Waals surface area contributed by atoms with Crippen molar-refractivity contribution in [1.82, 2.24) is 20.1 Å². The van der Waals surface area contributed by atoms with Crippen LogP contribution in [0, 0.1) is 0 Å². The number of fused-ring (bicyclic) bond motifs is 1. The second-order valence-corrected chi connectivity index (χ2v) is 8.19. The lowest BCUT2D eigenvalue weighted by Crippen LogP contribution is -2.39. The number of aromatic amines is 1. The number of carbonyl (C=O) groups excluding carboxylic acids is 1. The van der Waals surface area contributed by atoms with Gasteiger partial charge in [-0.05, 0) is 36.4 Å². The van der Waals surface area contributed by atoms with Gasteiger partial charge in [-0.3, -0.25) is 4.79 Å². The summed E-state index contributed by atoms with van der Waals surface area (Å²) in [6, 6.07) is 18.0. The van der Waals surface area contributed by atoms with Crippen LogP contribution in [0.1, 0.15) is 34.1 Å². The topological polar surface area (TPSA) is 61.9 Å². The van der Waals surface area contributed by atoms with Crippen molar-refractivity contribution in [3.05, 3.63) is 71.4 Å². The van der Waals surface area contributed by atoms with Crippen LogP contribution in [0.4, 0.5) is 0 Å². The van der Waals surface area contributed by atoms with Crippen molar-refractivity contribution in [2.75, 3.05) is 13.1 Å². The molecule has 1 fully saturated rings. The van der Waals surface area contributed by atoms with Crippen LogP contribution >= 0.6 is 11.3 Å². The number of carbonyl (C=O) groups is 1. The molecule has 0 spiro atoms. The Labute approximate surface area is 167 Å². The zero-order valence-corrected chi connectivity index (χ0v) is 16.2. The molecular weight excluding hydrogens is 368 g/mol. The number of H-pyrrole nitrogens is 1. The van der Waals surface area contributed by atoms with E-state index in [1.54, 1.807) is 11.3 Å². The molecule has 0 bridgehead atoms. The summed E-state index contributed by atoms with van der Waals surface area (Å²) in [5, 5.41) is 11.9. The molecule has 0 aliphatic carbocycles. The number of hydrogen-bond acceptors (Lipinski definition) is 4. The van der Waals surface area contributed by atoms with Crippen LogP contribution in [0.15, 0.2) is 60.8 Å². The monoisotopic (exact) mass is 388 g/mol. The molecule has 1 saturated heterocycles. The maximum absolute atomic E-state index is 13.0. The highest BCUT2D eigenvalue weighted by Gasteiger charge is 2.28. The van der Waals surface area contributed by atoms with Gasteiger partial charge < -0.3 is 9.88 Å². The van der Waals surface area contributed by atoms with Crippen molar-refractivity contribution in [3.63, 3.8) is 0 Å². The van der Waals surface area contributed by atoms with E-state index in [1.165, 1.54) is 0 Å². The maximum Gasteiger partial charge on any atom is 0.253 e. The average molecular weight is 388 g/mol. The van der Waals surface area contributed by atoms with Crippen molar-refractivity contribution in [2.24, 2.45) is 0 Å². The van der Waals surface area contributed by atoms with E-state index in [2.05, 4.69) is 27.3 Å². The van der Waals surface area contributed by atoms with Gasteiger partial charge in [-0.1, -0.05) is 47.7 Å². The summed E-state index contributed by atoms with van der Waals surface area (Å²) in [6.07, 6.45) is 3.93. The fourth-order valence-corrected chi connectivity index (χ4v) is 4.80. The summed E-state index contributed by atoms with van der Waals surface area (Å²) in [4.78, 5) is 18.2. The van der Waals surface area contributed by atoms with E-state index < -0.39 is 0 Å². The van der Waals surface area contributed by atoms with Crippen molar-refractivity contribution in [3.8, 4) is 10.6 Å². The zero-order valence-electron chi connectivity index (χ0n) is 15.3. The number of nitrogens with zero attached hydrogens (tertiary/aromatic N) is 3. The first kappa shape index (κ1) is 17.1. The van der Waals surface area contributed by atoms with Crippen LogP contribution in [-0.4, -0.2) is 39.1 Å². The molecule has 0 saturated carbocycles. The third-order valence-corrected chi connectivity index (χ3v) is 6.46. The summed E-state index contributed by atoms with van der Waals surface area (Å²) < 4.78 is 0. The zero-order chi connectivity index (χ0) is 18.9. The number of aromatic nitrogens is 3. The lowest BCUT2D eigenvalue weighted by Gasteiger charge is -2.31. The molecule has 1 aliphatic heterocycles. The van der Waals surface area contributed by atoms with Crippen LogP contribution in [0.25, 0.3) is 21.5 Å². The average Bonchev–Trinajstić information content (AvgIpc) is 3.43. The highest BCUT2D eigenvalue weighted by Crippen LogP contribution is 2.33. The normalized spacial score (nSPS) is 17.1. The van der Waals surface area contributed by atoms with Crippen molar-refractivity contribution < 1.29 is 4.79 Å². The lowest BCUT2D eigenvalue weighted by atomic mass is 9.98. The van der Waals surface area contributed by atoms with Crippen LogP contribution in [0.3, 0.4) is 0 Å². The number of amides is 1. The Kier molecular flexibility index (Phi) is 4.41. The molecule has 1 amide bonds. The third kappa shape index (κ3) is 3.20. The molecule has 1 aliphatic rings. The highest BCUT2D eigenvalue weighted by molar-refractivity contribution is 7.14. The molecule has 1 N–H and O–H groups in total. The second-order valence-electron chi connectivity index (χ2n) is 7.18. The van der Waals surface area contributed by atoms with Gasteiger partial charge in [0, 0.05) is 41.8 Å². The van der Waals surface area contributed by atoms with E-state index in [0.717, 1.165) is 51.4 Å². The molecule has 2 aromatic heterocycles. The predicted molar refractivity (Wildman–Crippen MR) is 112 cm³/mol. The minimum Gasteiger partial charge on any atom is -0.361 e. The van der Waals surface area contributed by atoms with Gasteiger partial charge in [0.1, 0.15) is 10.0 Å². The smallest absolute Gasteiger partial charge is 0.253 e. The van der Waals surface area contributed by atoms with E-state index >= 15 is 0 Å². The number of nitrogens with one attached hydrogen (secondary N) is 1. The predicted octanol–water partition coefficient (Wildman–Crippen LogP) is 4.71. The Morgan fingerprint density at radius 3 is 2.89 bits per heavy atom. The van der Waals surface area contributed by atoms with Gasteiger partial charge >= 0.3 is 0 Å². The Morgan fingerprint density at radius 2 is 2.00 bits per heavy atom. The first-order valence-corrected chi connectivity index (χ1v) is 10.3. The van der Waals surface area contributed by atoms with Crippen molar-refractivity contribution >= 4 is 28.1 Å². The van der Waals surface area contributed by atoms with E-state index in [1.807, 2.05) is 53.6 Å². The van der Waals surface area contributed by atoms with Gasteiger partial charge in [0.15, 0.2) is 0 Å². The van der Waals surface area contributed by atoms with Gasteiger partial charge in [0.2, 0.25) is 0 Å². The minimum atomic E-state index is 0.0917. The molecule has 28 heavy (non-hydrogen) atoms. The SMILES string of the molecule is O=C(c1ccc2cc[nH]c2c1)N1CCCC(c2nnc(-c3ccccc3)s2)C1. The molecular formula is C22H20N4OS. The quantitative estimate of drug-likeness (QED) is 0.553. The molecule has 2 aromatic carbocycles. The Morgan fingerprint density at radius 1 is 1.11 bits per heavy atom. The summed E-state index contributed by atoms with van der Waals surface area (Å²) >= 11 is 1.64. The van der Waals surface area contributed by atoms with Gasteiger partial charge in [-0.25, -0.2) is 0 Å². The molecule has 6 heteroatoms. The van der Waals surface area contributed by atoms with Gasteiger partial charge in [0.25, 0.3) is 5.91 Å². The lowest BCUT2D eigenvalue weighted by molar-refractivity contribution is 0.0707. The van der Waals surface area contributed by atoms with E-state index in [-0.39, 0.29) is 11.8 Å². The molecule has 0 radical (unpaired) electrons. The first-order valence-electron chi connectivity index (χ1n) is 9.53. The largest absolute Gasteiger partial charge is 0.361 e. The minimum absolute atomic E-state index is 0.0917. The number of piperidine rings is 1. The standard InChI is InChI=1S/C22H20N4OS/c27-22(17-9-8-15-10-11-23-19(15)13-17)26-12-4-7-18(14-26)21-25-24-20(28-21)16-5-2-1-3-6-16/h1-3,5-6,8-11,13,18,23H,4,7,12,14H2. The molecule has 5 nitrogen and oxygen atoms in total. The van der Waals surface area contributed by atoms with Crippen LogP contribution in [-0.2, 0) is 0 Å².